The van der Waals surface area contributed by atoms with Crippen molar-refractivity contribution in [1.29, 1.82) is 0 Å². The molecule has 48 heavy (non-hydrogen) atoms. The Balaban J connectivity index is 1.43. The Morgan fingerprint density at radius 3 is 2.29 bits per heavy atom. The van der Waals surface area contributed by atoms with Gasteiger partial charge in [-0.1, -0.05) is 82.7 Å². The molecule has 0 bridgehead atoms. The Morgan fingerprint density at radius 1 is 0.896 bits per heavy atom. The number of halogens is 1. The molecule has 2 atom stereocenters. The van der Waals surface area contributed by atoms with E-state index >= 15 is 0 Å². The van der Waals surface area contributed by atoms with E-state index in [0.29, 0.717) is 40.9 Å². The largest absolute Gasteiger partial charge is 0.494 e. The van der Waals surface area contributed by atoms with Gasteiger partial charge in [-0.2, -0.15) is 0 Å². The van der Waals surface area contributed by atoms with E-state index in [1.807, 2.05) is 42.5 Å². The second-order valence-corrected chi connectivity index (χ2v) is 14.5. The number of aryl methyl sites for hydroxylation is 1. The molecule has 0 unspecified atom stereocenters. The van der Waals surface area contributed by atoms with Gasteiger partial charge >= 0.3 is 0 Å². The fourth-order valence-electron chi connectivity index (χ4n) is 5.51. The molecule has 0 radical (unpaired) electrons. The van der Waals surface area contributed by atoms with Crippen LogP contribution in [0.4, 0.5) is 0 Å². The van der Waals surface area contributed by atoms with E-state index in [9.17, 15) is 13.2 Å². The fraction of sp³-hybridized carbons (Fsp3) is 0.297. The Hall–Kier alpha value is -4.03. The van der Waals surface area contributed by atoms with Crippen LogP contribution < -0.4 is 15.6 Å². The Kier molecular flexibility index (Phi) is 12.4. The predicted octanol–water partition coefficient (Wildman–Crippen LogP) is 5.97. The molecule has 1 aliphatic heterocycles. The predicted molar refractivity (Wildman–Crippen MR) is 190 cm³/mol. The maximum atomic E-state index is 14.3. The standard InChI is InChI=1S/C37H40BrN3O6S/c38-33-18-8-7-17-32(33)34-37(23-27-48(44,45)31-15-5-2-6-16-31,36(43)41-39-24-10-9-14-28-12-3-1-4-13-28)40-35(47-34)29-19-21-30(22-20-29)46-26-11-25-42/h1-8,12-13,15-22,34,39,42H,9-11,14,23-27H2,(H,41,43)/t34-,37-/m0/s1. The highest BCUT2D eigenvalue weighted by molar-refractivity contribution is 9.10. The van der Waals surface area contributed by atoms with Crippen LogP contribution in [0.1, 0.15) is 48.5 Å². The number of rotatable bonds is 17. The molecule has 0 spiro atoms. The van der Waals surface area contributed by atoms with Crippen molar-refractivity contribution in [2.45, 2.75) is 48.6 Å². The van der Waals surface area contributed by atoms with Crippen molar-refractivity contribution in [3.63, 3.8) is 0 Å². The first-order chi connectivity index (χ1) is 23.3. The van der Waals surface area contributed by atoms with Crippen molar-refractivity contribution in [1.82, 2.24) is 10.9 Å². The number of hydrazine groups is 1. The van der Waals surface area contributed by atoms with Gasteiger partial charge in [0, 0.05) is 41.6 Å². The topological polar surface area (TPSA) is 126 Å². The van der Waals surface area contributed by atoms with Gasteiger partial charge in [-0.05, 0) is 67.3 Å². The van der Waals surface area contributed by atoms with Crippen LogP contribution in [-0.4, -0.2) is 56.4 Å². The number of benzene rings is 4. The van der Waals surface area contributed by atoms with Crippen molar-refractivity contribution in [2.24, 2.45) is 4.99 Å². The lowest BCUT2D eigenvalue weighted by molar-refractivity contribution is -0.130. The van der Waals surface area contributed by atoms with Crippen molar-refractivity contribution < 1.29 is 27.8 Å². The smallest absolute Gasteiger partial charge is 0.266 e. The van der Waals surface area contributed by atoms with Crippen LogP contribution in [0.5, 0.6) is 5.75 Å². The lowest BCUT2D eigenvalue weighted by Crippen LogP contribution is -2.53. The van der Waals surface area contributed by atoms with Gasteiger partial charge in [0.05, 0.1) is 17.3 Å². The quantitative estimate of drug-likeness (QED) is 0.0902. The van der Waals surface area contributed by atoms with Crippen LogP contribution >= 0.6 is 15.9 Å². The molecule has 252 valence electrons. The number of aliphatic hydroxyl groups excluding tert-OH is 1. The maximum Gasteiger partial charge on any atom is 0.266 e. The average molecular weight is 735 g/mol. The van der Waals surface area contributed by atoms with E-state index in [4.69, 9.17) is 19.6 Å². The molecule has 0 aromatic heterocycles. The van der Waals surface area contributed by atoms with Crippen molar-refractivity contribution in [2.75, 3.05) is 25.5 Å². The number of carbonyl (C=O) groups excluding carboxylic acids is 1. The Morgan fingerprint density at radius 2 is 1.58 bits per heavy atom. The first-order valence-electron chi connectivity index (χ1n) is 16.0. The third kappa shape index (κ3) is 8.90. The zero-order chi connectivity index (χ0) is 33.8. The summed E-state index contributed by atoms with van der Waals surface area (Å²) < 4.78 is 40.0. The molecular formula is C37H40BrN3O6S. The fourth-order valence-corrected chi connectivity index (χ4v) is 7.39. The van der Waals surface area contributed by atoms with Crippen molar-refractivity contribution in [3.05, 3.63) is 130 Å². The number of unbranched alkanes of at least 4 members (excludes halogenated alkanes) is 1. The number of aliphatic imine (C=N–C) groups is 1. The van der Waals surface area contributed by atoms with E-state index in [0.717, 1.165) is 19.3 Å². The van der Waals surface area contributed by atoms with E-state index in [2.05, 4.69) is 38.9 Å². The van der Waals surface area contributed by atoms with Gasteiger partial charge in [-0.25, -0.2) is 18.8 Å². The Bertz CT molecular complexity index is 1770. The monoisotopic (exact) mass is 733 g/mol. The summed E-state index contributed by atoms with van der Waals surface area (Å²) in [6, 6.07) is 32.9. The molecule has 0 aliphatic carbocycles. The summed E-state index contributed by atoms with van der Waals surface area (Å²) in [4.78, 5) is 19.4. The summed E-state index contributed by atoms with van der Waals surface area (Å²) in [6.07, 6.45) is 2.11. The van der Waals surface area contributed by atoms with E-state index in [-0.39, 0.29) is 29.6 Å². The molecular weight excluding hydrogens is 694 g/mol. The number of ether oxygens (including phenoxy) is 2. The van der Waals surface area contributed by atoms with Gasteiger partial charge in [-0.3, -0.25) is 10.2 Å². The molecule has 3 N–H and O–H groups in total. The molecule has 0 saturated heterocycles. The third-order valence-electron chi connectivity index (χ3n) is 8.13. The third-order valence-corrected chi connectivity index (χ3v) is 10.6. The Labute approximate surface area is 290 Å². The van der Waals surface area contributed by atoms with Crippen LogP contribution in [0.3, 0.4) is 0 Å². The molecule has 0 saturated carbocycles. The SMILES string of the molecule is O=C(NNCCCCc1ccccc1)[C@@]1(CCS(=O)(=O)c2ccccc2)N=C(c2ccc(OCCCO)cc2)O[C@H]1c1ccccc1Br. The number of hydrogen-bond acceptors (Lipinski definition) is 8. The molecule has 4 aromatic rings. The van der Waals surface area contributed by atoms with Crippen LogP contribution in [0.25, 0.3) is 0 Å². The first kappa shape index (κ1) is 35.3. The number of aliphatic hydroxyl groups is 1. The molecule has 1 aliphatic rings. The molecule has 1 heterocycles. The second kappa shape index (κ2) is 16.9. The maximum absolute atomic E-state index is 14.3. The number of nitrogens with one attached hydrogen (secondary N) is 2. The second-order valence-electron chi connectivity index (χ2n) is 11.5. The highest BCUT2D eigenvalue weighted by Crippen LogP contribution is 2.45. The summed E-state index contributed by atoms with van der Waals surface area (Å²) in [5, 5.41) is 9.07. The number of amides is 1. The lowest BCUT2D eigenvalue weighted by Gasteiger charge is -2.31. The van der Waals surface area contributed by atoms with Gasteiger partial charge in [-0.15, -0.1) is 0 Å². The minimum Gasteiger partial charge on any atom is -0.494 e. The summed E-state index contributed by atoms with van der Waals surface area (Å²) in [5.74, 6) is 0.00384. The summed E-state index contributed by atoms with van der Waals surface area (Å²) >= 11 is 3.62. The summed E-state index contributed by atoms with van der Waals surface area (Å²) in [6.45, 7) is 0.924. The first-order valence-corrected chi connectivity index (χ1v) is 18.5. The minimum absolute atomic E-state index is 0.0336. The average Bonchev–Trinajstić information content (AvgIpc) is 3.51. The molecule has 0 fully saturated rings. The van der Waals surface area contributed by atoms with Gasteiger partial charge in [0.2, 0.25) is 5.90 Å². The van der Waals surface area contributed by atoms with E-state index < -0.39 is 27.4 Å². The van der Waals surface area contributed by atoms with Crippen LogP contribution in [-0.2, 0) is 25.8 Å². The molecule has 11 heteroatoms. The molecule has 1 amide bonds. The normalized spacial score (nSPS) is 17.4. The van der Waals surface area contributed by atoms with Crippen LogP contribution in [0, 0.1) is 0 Å². The lowest BCUT2D eigenvalue weighted by atomic mass is 9.85. The van der Waals surface area contributed by atoms with Crippen LogP contribution in [0.2, 0.25) is 0 Å². The number of hydrogen-bond donors (Lipinski definition) is 3. The summed E-state index contributed by atoms with van der Waals surface area (Å²) in [5.41, 5.74) is 6.79. The van der Waals surface area contributed by atoms with Crippen molar-refractivity contribution in [3.8, 4) is 5.75 Å². The minimum atomic E-state index is -3.76. The highest BCUT2D eigenvalue weighted by Gasteiger charge is 2.54. The number of carbonyl (C=O) groups is 1. The number of sulfone groups is 1. The molecule has 4 aromatic carbocycles. The zero-order valence-electron chi connectivity index (χ0n) is 26.6. The van der Waals surface area contributed by atoms with E-state index in [1.165, 1.54) is 5.56 Å². The van der Waals surface area contributed by atoms with Crippen LogP contribution in [0.15, 0.2) is 124 Å². The zero-order valence-corrected chi connectivity index (χ0v) is 29.0. The van der Waals surface area contributed by atoms with Gasteiger partial charge in [0.1, 0.15) is 5.75 Å². The van der Waals surface area contributed by atoms with Gasteiger partial charge in [0.25, 0.3) is 5.91 Å². The molecule has 9 nitrogen and oxygen atoms in total. The van der Waals surface area contributed by atoms with Gasteiger partial charge in [0.15, 0.2) is 21.5 Å². The highest BCUT2D eigenvalue weighted by atomic mass is 79.9. The molecule has 5 rings (SSSR count). The number of nitrogens with zero attached hydrogens (tertiary/aromatic N) is 1. The van der Waals surface area contributed by atoms with Gasteiger partial charge < -0.3 is 14.6 Å². The van der Waals surface area contributed by atoms with Crippen molar-refractivity contribution >= 4 is 37.6 Å². The van der Waals surface area contributed by atoms with E-state index in [1.54, 1.807) is 54.6 Å². The summed E-state index contributed by atoms with van der Waals surface area (Å²) in [7, 11) is -3.76.